The summed E-state index contributed by atoms with van der Waals surface area (Å²) in [5, 5.41) is 12.0. The van der Waals surface area contributed by atoms with Crippen molar-refractivity contribution in [2.24, 2.45) is 0 Å². The maximum atomic E-state index is 11.7. The monoisotopic (exact) mass is 255 g/mol. The van der Waals surface area contributed by atoms with Crippen LogP contribution in [0.3, 0.4) is 0 Å². The van der Waals surface area contributed by atoms with E-state index in [2.05, 4.69) is 5.32 Å². The predicted molar refractivity (Wildman–Crippen MR) is 68.6 cm³/mol. The van der Waals surface area contributed by atoms with E-state index in [0.717, 1.165) is 0 Å². The lowest BCUT2D eigenvalue weighted by atomic mass is 10.2. The fourth-order valence-corrected chi connectivity index (χ4v) is 1.75. The van der Waals surface area contributed by atoms with E-state index < -0.39 is 10.8 Å². The maximum Gasteiger partial charge on any atom is 0.251 e. The molecule has 0 spiro atoms. The van der Waals surface area contributed by atoms with Gasteiger partial charge in [0.15, 0.2) is 0 Å². The van der Waals surface area contributed by atoms with E-state index in [9.17, 15) is 14.1 Å². The van der Waals surface area contributed by atoms with Crippen LogP contribution in [0.25, 0.3) is 0 Å². The van der Waals surface area contributed by atoms with Crippen LogP contribution >= 0.6 is 0 Å². The summed E-state index contributed by atoms with van der Waals surface area (Å²) in [6.07, 6.45) is 2.33. The normalized spacial score (nSPS) is 14.0. The molecule has 0 aliphatic rings. The van der Waals surface area contributed by atoms with Gasteiger partial charge in [-0.3, -0.25) is 9.00 Å². The third-order valence-corrected chi connectivity index (χ3v) is 3.88. The van der Waals surface area contributed by atoms with Crippen LogP contribution in [0.2, 0.25) is 0 Å². The van der Waals surface area contributed by atoms with Crippen LogP contribution < -0.4 is 5.32 Å². The van der Waals surface area contributed by atoms with Gasteiger partial charge in [0.1, 0.15) is 5.75 Å². The summed E-state index contributed by atoms with van der Waals surface area (Å²) >= 11 is 0. The van der Waals surface area contributed by atoms with Crippen molar-refractivity contribution in [2.75, 3.05) is 12.8 Å². The molecular formula is C12H17NO3S. The number of phenols is 1. The highest BCUT2D eigenvalue weighted by molar-refractivity contribution is 7.84. The standard InChI is InChI=1S/C12H17NO3S/c1-9(17(2)16)6-7-13-12(15)10-4-3-5-11(14)8-10/h3-5,8-9,14H,6-7H2,1-2H3,(H,13,15). The third-order valence-electron chi connectivity index (χ3n) is 2.51. The fourth-order valence-electron chi connectivity index (χ4n) is 1.30. The summed E-state index contributed by atoms with van der Waals surface area (Å²) in [5.74, 6) is -0.157. The van der Waals surface area contributed by atoms with E-state index in [4.69, 9.17) is 0 Å². The average molecular weight is 255 g/mol. The summed E-state index contributed by atoms with van der Waals surface area (Å²) in [6.45, 7) is 2.37. The van der Waals surface area contributed by atoms with Crippen molar-refractivity contribution >= 4 is 16.7 Å². The minimum atomic E-state index is -0.864. The second-order valence-electron chi connectivity index (χ2n) is 3.90. The molecule has 0 aliphatic carbocycles. The zero-order chi connectivity index (χ0) is 12.8. The highest BCUT2D eigenvalue weighted by Gasteiger charge is 2.08. The van der Waals surface area contributed by atoms with Crippen molar-refractivity contribution in [1.82, 2.24) is 5.32 Å². The zero-order valence-electron chi connectivity index (χ0n) is 9.97. The molecule has 0 saturated heterocycles. The number of carbonyl (C=O) groups is 1. The fraction of sp³-hybridized carbons (Fsp3) is 0.417. The molecule has 2 atom stereocenters. The summed E-state index contributed by atoms with van der Waals surface area (Å²) < 4.78 is 11.1. The molecule has 94 valence electrons. The third kappa shape index (κ3) is 4.56. The molecule has 0 saturated carbocycles. The van der Waals surface area contributed by atoms with Crippen LogP contribution in [0.1, 0.15) is 23.7 Å². The van der Waals surface area contributed by atoms with Crippen molar-refractivity contribution in [3.05, 3.63) is 29.8 Å². The van der Waals surface area contributed by atoms with E-state index in [1.165, 1.54) is 12.1 Å². The Morgan fingerprint density at radius 1 is 1.53 bits per heavy atom. The first-order valence-corrected chi connectivity index (χ1v) is 7.02. The first-order valence-electron chi connectivity index (χ1n) is 5.40. The minimum absolute atomic E-state index is 0.0690. The Morgan fingerprint density at radius 2 is 2.24 bits per heavy atom. The zero-order valence-corrected chi connectivity index (χ0v) is 10.8. The number of nitrogens with one attached hydrogen (secondary N) is 1. The van der Waals surface area contributed by atoms with Crippen LogP contribution in [0.5, 0.6) is 5.75 Å². The first-order chi connectivity index (χ1) is 8.00. The molecule has 0 aliphatic heterocycles. The second-order valence-corrected chi connectivity index (χ2v) is 5.71. The van der Waals surface area contributed by atoms with E-state index in [1.54, 1.807) is 18.4 Å². The Labute approximate surface area is 104 Å². The van der Waals surface area contributed by atoms with Crippen molar-refractivity contribution < 1.29 is 14.1 Å². The molecule has 4 nitrogen and oxygen atoms in total. The molecule has 1 aromatic rings. The highest BCUT2D eigenvalue weighted by Crippen LogP contribution is 2.10. The molecule has 1 amide bonds. The van der Waals surface area contributed by atoms with Crippen molar-refractivity contribution in [1.29, 1.82) is 0 Å². The number of rotatable bonds is 5. The maximum absolute atomic E-state index is 11.7. The van der Waals surface area contributed by atoms with Crippen molar-refractivity contribution in [3.8, 4) is 5.75 Å². The molecular weight excluding hydrogens is 238 g/mol. The van der Waals surface area contributed by atoms with Crippen LogP contribution in [-0.4, -0.2) is 33.3 Å². The van der Waals surface area contributed by atoms with Gasteiger partial charge >= 0.3 is 0 Å². The molecule has 17 heavy (non-hydrogen) atoms. The lowest BCUT2D eigenvalue weighted by Crippen LogP contribution is -2.27. The molecule has 0 bridgehead atoms. The predicted octanol–water partition coefficient (Wildman–Crippen LogP) is 1.28. The molecule has 2 N–H and O–H groups in total. The number of benzene rings is 1. The van der Waals surface area contributed by atoms with Gasteiger partial charge in [0, 0.05) is 34.4 Å². The van der Waals surface area contributed by atoms with Gasteiger partial charge in [-0.05, 0) is 24.6 Å². The quantitative estimate of drug-likeness (QED) is 0.833. The summed E-state index contributed by atoms with van der Waals surface area (Å²) in [4.78, 5) is 11.7. The summed E-state index contributed by atoms with van der Waals surface area (Å²) in [5.41, 5.74) is 0.426. The first kappa shape index (κ1) is 13.7. The molecule has 0 fully saturated rings. The van der Waals surface area contributed by atoms with Gasteiger partial charge < -0.3 is 10.4 Å². The van der Waals surface area contributed by atoms with Gasteiger partial charge in [-0.15, -0.1) is 0 Å². The minimum Gasteiger partial charge on any atom is -0.508 e. The topological polar surface area (TPSA) is 66.4 Å². The second kappa shape index (κ2) is 6.39. The number of phenolic OH excluding ortho intramolecular Hbond substituents is 1. The van der Waals surface area contributed by atoms with Gasteiger partial charge in [-0.1, -0.05) is 13.0 Å². The molecule has 1 aromatic carbocycles. The Hall–Kier alpha value is -1.36. The van der Waals surface area contributed by atoms with Crippen LogP contribution in [0.15, 0.2) is 24.3 Å². The molecule has 0 radical (unpaired) electrons. The van der Waals surface area contributed by atoms with E-state index in [1.807, 2.05) is 6.92 Å². The molecule has 0 aromatic heterocycles. The lowest BCUT2D eigenvalue weighted by molar-refractivity contribution is 0.0953. The summed E-state index contributed by atoms with van der Waals surface area (Å²) in [6, 6.07) is 6.18. The Morgan fingerprint density at radius 3 is 2.82 bits per heavy atom. The molecule has 1 rings (SSSR count). The van der Waals surface area contributed by atoms with Gasteiger partial charge in [0.2, 0.25) is 0 Å². The van der Waals surface area contributed by atoms with Crippen LogP contribution in [0, 0.1) is 0 Å². The van der Waals surface area contributed by atoms with E-state index in [-0.39, 0.29) is 16.9 Å². The van der Waals surface area contributed by atoms with Crippen molar-refractivity contribution in [2.45, 2.75) is 18.6 Å². The number of carbonyl (C=O) groups excluding carboxylic acids is 1. The van der Waals surface area contributed by atoms with E-state index >= 15 is 0 Å². The number of hydrogen-bond acceptors (Lipinski definition) is 3. The molecule has 2 unspecified atom stereocenters. The SMILES string of the molecule is CC(CCNC(=O)c1cccc(O)c1)S(C)=O. The number of aromatic hydroxyl groups is 1. The average Bonchev–Trinajstić information content (AvgIpc) is 2.28. The Bertz CT molecular complexity index is 420. The van der Waals surface area contributed by atoms with Crippen LogP contribution in [0.4, 0.5) is 0 Å². The smallest absolute Gasteiger partial charge is 0.251 e. The Kier molecular flexibility index (Phi) is 5.15. The lowest BCUT2D eigenvalue weighted by Gasteiger charge is -2.09. The van der Waals surface area contributed by atoms with Crippen molar-refractivity contribution in [3.63, 3.8) is 0 Å². The number of hydrogen-bond donors (Lipinski definition) is 2. The van der Waals surface area contributed by atoms with Crippen LogP contribution in [-0.2, 0) is 10.8 Å². The highest BCUT2D eigenvalue weighted by atomic mass is 32.2. The van der Waals surface area contributed by atoms with Gasteiger partial charge in [-0.25, -0.2) is 0 Å². The van der Waals surface area contributed by atoms with Gasteiger partial charge in [0.05, 0.1) is 0 Å². The summed E-state index contributed by atoms with van der Waals surface area (Å²) in [7, 11) is -0.864. The van der Waals surface area contributed by atoms with Gasteiger partial charge in [0.25, 0.3) is 5.91 Å². The Balaban J connectivity index is 2.43. The number of amides is 1. The molecule has 5 heteroatoms. The van der Waals surface area contributed by atoms with E-state index in [0.29, 0.717) is 18.5 Å². The largest absolute Gasteiger partial charge is 0.508 e. The molecule has 0 heterocycles. The van der Waals surface area contributed by atoms with Gasteiger partial charge in [-0.2, -0.15) is 0 Å².